The molecule has 1 amide bonds. The Labute approximate surface area is 77.5 Å². The van der Waals surface area contributed by atoms with Gasteiger partial charge in [-0.05, 0) is 6.08 Å². The van der Waals surface area contributed by atoms with Crippen LogP contribution in [0.4, 0.5) is 0 Å². The number of nitrogens with zero attached hydrogens (tertiary/aromatic N) is 3. The Morgan fingerprint density at radius 1 is 1.62 bits per heavy atom. The van der Waals surface area contributed by atoms with Gasteiger partial charge in [0.15, 0.2) is 0 Å². The Morgan fingerprint density at radius 2 is 2.31 bits per heavy atom. The second-order valence-electron chi connectivity index (χ2n) is 3.03. The number of carbonyl (C=O) groups is 1. The van der Waals surface area contributed by atoms with E-state index in [2.05, 4.69) is 4.98 Å². The summed E-state index contributed by atoms with van der Waals surface area (Å²) in [7, 11) is 5.31. The summed E-state index contributed by atoms with van der Waals surface area (Å²) in [6.07, 6.45) is 6.74. The van der Waals surface area contributed by atoms with Gasteiger partial charge in [0, 0.05) is 33.4 Å². The number of carbonyl (C=O) groups excluding carboxylic acids is 1. The fraction of sp³-hybridized carbons (Fsp3) is 0.333. The van der Waals surface area contributed by atoms with Crippen molar-refractivity contribution in [1.82, 2.24) is 14.5 Å². The number of hydrogen-bond acceptors (Lipinski definition) is 2. The second kappa shape index (κ2) is 3.89. The third-order valence-corrected chi connectivity index (χ3v) is 1.56. The Bertz CT molecular complexity index is 325. The number of rotatable bonds is 2. The first-order chi connectivity index (χ1) is 6.09. The van der Waals surface area contributed by atoms with Gasteiger partial charge in [0.1, 0.15) is 0 Å². The van der Waals surface area contributed by atoms with Crippen LogP contribution >= 0.6 is 0 Å². The molecule has 70 valence electrons. The minimum atomic E-state index is -0.0364. The average Bonchev–Trinajstić information content (AvgIpc) is 2.47. The summed E-state index contributed by atoms with van der Waals surface area (Å²) >= 11 is 0. The van der Waals surface area contributed by atoms with Gasteiger partial charge in [0.05, 0.1) is 12.0 Å². The van der Waals surface area contributed by atoms with Crippen LogP contribution in [0.25, 0.3) is 6.08 Å². The molecule has 0 aliphatic carbocycles. The van der Waals surface area contributed by atoms with E-state index >= 15 is 0 Å². The number of imidazole rings is 1. The molecule has 1 rings (SSSR count). The standard InChI is InChI=1S/C9H13N3O/c1-11(2)9(13)5-4-8-6-12(3)7-10-8/h4-7H,1-3H3. The molecule has 1 heterocycles. The summed E-state index contributed by atoms with van der Waals surface area (Å²) in [4.78, 5) is 16.7. The molecule has 0 spiro atoms. The van der Waals surface area contributed by atoms with Crippen molar-refractivity contribution in [3.8, 4) is 0 Å². The zero-order chi connectivity index (χ0) is 9.84. The lowest BCUT2D eigenvalue weighted by atomic mass is 10.4. The van der Waals surface area contributed by atoms with Crippen LogP contribution in [0.1, 0.15) is 5.69 Å². The molecule has 0 N–H and O–H groups in total. The average molecular weight is 179 g/mol. The first-order valence-corrected chi connectivity index (χ1v) is 3.97. The van der Waals surface area contributed by atoms with Crippen LogP contribution in [0.3, 0.4) is 0 Å². The first kappa shape index (κ1) is 9.51. The van der Waals surface area contributed by atoms with E-state index in [1.54, 1.807) is 26.5 Å². The van der Waals surface area contributed by atoms with E-state index in [1.165, 1.54) is 11.0 Å². The zero-order valence-corrected chi connectivity index (χ0v) is 8.06. The smallest absolute Gasteiger partial charge is 0.246 e. The van der Waals surface area contributed by atoms with E-state index in [1.807, 2.05) is 17.8 Å². The predicted octanol–water partition coefficient (Wildman–Crippen LogP) is 0.521. The summed E-state index contributed by atoms with van der Waals surface area (Å²) in [5.74, 6) is -0.0364. The van der Waals surface area contributed by atoms with Crippen molar-refractivity contribution in [2.75, 3.05) is 14.1 Å². The topological polar surface area (TPSA) is 38.1 Å². The minimum absolute atomic E-state index is 0.0364. The summed E-state index contributed by atoms with van der Waals surface area (Å²) in [6.45, 7) is 0. The van der Waals surface area contributed by atoms with Gasteiger partial charge in [-0.2, -0.15) is 0 Å². The molecular weight excluding hydrogens is 166 g/mol. The quantitative estimate of drug-likeness (QED) is 0.621. The lowest BCUT2D eigenvalue weighted by Crippen LogP contribution is -2.18. The van der Waals surface area contributed by atoms with Crippen LogP contribution in [0.15, 0.2) is 18.6 Å². The predicted molar refractivity (Wildman–Crippen MR) is 50.9 cm³/mol. The Kier molecular flexibility index (Phi) is 2.84. The fourth-order valence-electron chi connectivity index (χ4n) is 0.825. The Hall–Kier alpha value is -1.58. The van der Waals surface area contributed by atoms with E-state index < -0.39 is 0 Å². The molecule has 0 aliphatic rings. The molecule has 0 bridgehead atoms. The zero-order valence-electron chi connectivity index (χ0n) is 8.06. The van der Waals surface area contributed by atoms with Gasteiger partial charge in [0.25, 0.3) is 0 Å². The third kappa shape index (κ3) is 2.74. The van der Waals surface area contributed by atoms with E-state index in [9.17, 15) is 4.79 Å². The molecule has 0 saturated heterocycles. The summed E-state index contributed by atoms with van der Waals surface area (Å²) in [5.41, 5.74) is 0.790. The van der Waals surface area contributed by atoms with Crippen molar-refractivity contribution in [3.05, 3.63) is 24.3 Å². The highest BCUT2D eigenvalue weighted by Crippen LogP contribution is 1.97. The van der Waals surface area contributed by atoms with Crippen LogP contribution in [0, 0.1) is 0 Å². The molecule has 0 atom stereocenters. The molecule has 1 aromatic heterocycles. The lowest BCUT2D eigenvalue weighted by molar-refractivity contribution is -0.123. The van der Waals surface area contributed by atoms with Crippen molar-refractivity contribution in [2.24, 2.45) is 7.05 Å². The number of aromatic nitrogens is 2. The van der Waals surface area contributed by atoms with Crippen LogP contribution < -0.4 is 0 Å². The van der Waals surface area contributed by atoms with Gasteiger partial charge >= 0.3 is 0 Å². The molecule has 0 aliphatic heterocycles. The highest BCUT2D eigenvalue weighted by atomic mass is 16.2. The number of likely N-dealkylation sites (N-methyl/N-ethyl adjacent to an activating group) is 1. The summed E-state index contributed by atoms with van der Waals surface area (Å²) < 4.78 is 1.83. The Balaban J connectivity index is 2.64. The maximum Gasteiger partial charge on any atom is 0.246 e. The van der Waals surface area contributed by atoms with Crippen molar-refractivity contribution >= 4 is 12.0 Å². The number of aryl methyl sites for hydroxylation is 1. The highest BCUT2D eigenvalue weighted by Gasteiger charge is 1.97. The maximum atomic E-state index is 11.1. The minimum Gasteiger partial charge on any atom is -0.345 e. The monoisotopic (exact) mass is 179 g/mol. The van der Waals surface area contributed by atoms with Crippen LogP contribution in [0.2, 0.25) is 0 Å². The van der Waals surface area contributed by atoms with Gasteiger partial charge in [-0.15, -0.1) is 0 Å². The van der Waals surface area contributed by atoms with Crippen LogP contribution in [-0.4, -0.2) is 34.5 Å². The van der Waals surface area contributed by atoms with Crippen molar-refractivity contribution in [2.45, 2.75) is 0 Å². The molecule has 13 heavy (non-hydrogen) atoms. The molecular formula is C9H13N3O. The first-order valence-electron chi connectivity index (χ1n) is 3.97. The highest BCUT2D eigenvalue weighted by molar-refractivity contribution is 5.91. The largest absolute Gasteiger partial charge is 0.345 e. The van der Waals surface area contributed by atoms with Crippen molar-refractivity contribution in [1.29, 1.82) is 0 Å². The normalized spacial score (nSPS) is 10.7. The van der Waals surface area contributed by atoms with Crippen molar-refractivity contribution in [3.63, 3.8) is 0 Å². The molecule has 1 aromatic rings. The summed E-state index contributed by atoms with van der Waals surface area (Å²) in [5, 5.41) is 0. The van der Waals surface area contributed by atoms with Crippen LogP contribution in [-0.2, 0) is 11.8 Å². The van der Waals surface area contributed by atoms with Crippen molar-refractivity contribution < 1.29 is 4.79 Å². The molecule has 4 nitrogen and oxygen atoms in total. The van der Waals surface area contributed by atoms with E-state index in [0.717, 1.165) is 5.69 Å². The molecule has 0 unspecified atom stereocenters. The fourth-order valence-corrected chi connectivity index (χ4v) is 0.825. The molecule has 4 heteroatoms. The van der Waals surface area contributed by atoms with Gasteiger partial charge in [-0.1, -0.05) is 0 Å². The molecule has 0 radical (unpaired) electrons. The third-order valence-electron chi connectivity index (χ3n) is 1.56. The summed E-state index contributed by atoms with van der Waals surface area (Å²) in [6, 6.07) is 0. The molecule has 0 saturated carbocycles. The molecule has 0 fully saturated rings. The van der Waals surface area contributed by atoms with Crippen LogP contribution in [0.5, 0.6) is 0 Å². The second-order valence-corrected chi connectivity index (χ2v) is 3.03. The molecule has 0 aromatic carbocycles. The van der Waals surface area contributed by atoms with E-state index in [4.69, 9.17) is 0 Å². The number of amides is 1. The Morgan fingerprint density at radius 3 is 2.77 bits per heavy atom. The SMILES string of the molecule is CN(C)C(=O)C=Cc1cn(C)cn1. The van der Waals surface area contributed by atoms with E-state index in [0.29, 0.717) is 0 Å². The van der Waals surface area contributed by atoms with Gasteiger partial charge in [-0.25, -0.2) is 4.98 Å². The van der Waals surface area contributed by atoms with E-state index in [-0.39, 0.29) is 5.91 Å². The van der Waals surface area contributed by atoms with Gasteiger partial charge in [0.2, 0.25) is 5.91 Å². The lowest BCUT2D eigenvalue weighted by Gasteiger charge is -2.04. The maximum absolute atomic E-state index is 11.1. The number of hydrogen-bond donors (Lipinski definition) is 0. The van der Waals surface area contributed by atoms with Gasteiger partial charge in [-0.3, -0.25) is 4.79 Å². The van der Waals surface area contributed by atoms with Gasteiger partial charge < -0.3 is 9.47 Å².